The molecule has 2 rings (SSSR count). The van der Waals surface area contributed by atoms with Crippen LogP contribution in [-0.4, -0.2) is 41.5 Å². The summed E-state index contributed by atoms with van der Waals surface area (Å²) < 4.78 is 2.34. The Hall–Kier alpha value is -1.12. The van der Waals surface area contributed by atoms with Gasteiger partial charge in [-0.05, 0) is 12.2 Å². The van der Waals surface area contributed by atoms with Crippen molar-refractivity contribution >= 4 is 57.1 Å². The fraction of sp³-hybridized carbons (Fsp3) is 0.111. The summed E-state index contributed by atoms with van der Waals surface area (Å²) in [5.74, 6) is 0. The van der Waals surface area contributed by atoms with Crippen molar-refractivity contribution in [3.63, 3.8) is 0 Å². The zero-order chi connectivity index (χ0) is 14.7. The Morgan fingerprint density at radius 3 is 1.90 bits per heavy atom. The summed E-state index contributed by atoms with van der Waals surface area (Å²) in [6.07, 6.45) is 7.69. The molecular formula is C9H9Cl4N7. The van der Waals surface area contributed by atoms with Gasteiger partial charge in [0.15, 0.2) is 10.3 Å². The number of hydrazone groups is 2. The van der Waals surface area contributed by atoms with Crippen molar-refractivity contribution in [1.82, 2.24) is 24.6 Å². The summed E-state index contributed by atoms with van der Waals surface area (Å²) in [6.45, 7) is 3.95. The molecule has 2 aliphatic rings. The van der Waals surface area contributed by atoms with E-state index in [0.29, 0.717) is 0 Å². The van der Waals surface area contributed by atoms with Crippen LogP contribution in [0.1, 0.15) is 0 Å². The van der Waals surface area contributed by atoms with Gasteiger partial charge in [0.05, 0.1) is 6.54 Å². The highest BCUT2D eigenvalue weighted by atomic mass is 35.5. The summed E-state index contributed by atoms with van der Waals surface area (Å²) in [4.78, 5) is 0. The molecular weight excluding hydrogens is 348 g/mol. The molecule has 0 saturated carbocycles. The molecule has 0 N–H and O–H groups in total. The number of hydrazine groups is 4. The quantitative estimate of drug-likeness (QED) is 0.572. The number of nitrogens with zero attached hydrogens (tertiary/aromatic N) is 7. The van der Waals surface area contributed by atoms with E-state index in [-0.39, 0.29) is 16.9 Å². The third kappa shape index (κ3) is 3.31. The van der Waals surface area contributed by atoms with Crippen LogP contribution in [0.25, 0.3) is 0 Å². The second kappa shape index (κ2) is 6.55. The Balaban J connectivity index is 2.29. The second-order valence-electron chi connectivity index (χ2n) is 3.43. The maximum atomic E-state index is 6.02. The summed E-state index contributed by atoms with van der Waals surface area (Å²) in [5, 5.41) is 12.5. The molecule has 0 fully saturated rings. The highest BCUT2D eigenvalue weighted by molar-refractivity contribution is 6.68. The maximum absolute atomic E-state index is 6.02. The van der Waals surface area contributed by atoms with E-state index in [1.807, 2.05) is 0 Å². The number of rotatable bonds is 4. The van der Waals surface area contributed by atoms with Crippen molar-refractivity contribution in [1.29, 1.82) is 0 Å². The first-order valence-electron chi connectivity index (χ1n) is 5.26. The summed E-state index contributed by atoms with van der Waals surface area (Å²) >= 11 is 23.8. The van der Waals surface area contributed by atoms with Crippen LogP contribution < -0.4 is 0 Å². The minimum absolute atomic E-state index is 0.236. The fourth-order valence-corrected chi connectivity index (χ4v) is 1.91. The molecule has 108 valence electrons. The molecule has 0 aromatic rings. The van der Waals surface area contributed by atoms with Gasteiger partial charge in [0.25, 0.3) is 0 Å². The molecule has 0 amide bonds. The predicted octanol–water partition coefficient (Wildman–Crippen LogP) is 2.81. The zero-order valence-electron chi connectivity index (χ0n) is 9.94. The molecule has 2 heterocycles. The minimum atomic E-state index is 0.236. The molecule has 0 saturated heterocycles. The van der Waals surface area contributed by atoms with Crippen molar-refractivity contribution in [3.05, 3.63) is 37.2 Å². The zero-order valence-corrected chi connectivity index (χ0v) is 13.0. The summed E-state index contributed by atoms with van der Waals surface area (Å²) in [7, 11) is 0. The Kier molecular flexibility index (Phi) is 5.00. The molecule has 0 bridgehead atoms. The SMILES string of the molecule is C=CCN(N1N=C(Cl)C=CN1Cl)N1N=C(Cl)C=CN1Cl. The topological polar surface area (TPSA) is 40.9 Å². The molecule has 11 heteroatoms. The van der Waals surface area contributed by atoms with Crippen LogP contribution in [0.2, 0.25) is 0 Å². The molecule has 0 unspecified atom stereocenters. The number of allylic oxidation sites excluding steroid dienone is 2. The highest BCUT2D eigenvalue weighted by Crippen LogP contribution is 2.22. The van der Waals surface area contributed by atoms with Crippen molar-refractivity contribution in [3.8, 4) is 0 Å². The molecule has 0 radical (unpaired) electrons. The van der Waals surface area contributed by atoms with Gasteiger partial charge in [-0.2, -0.15) is 9.06 Å². The first kappa shape index (κ1) is 15.3. The van der Waals surface area contributed by atoms with E-state index in [4.69, 9.17) is 46.8 Å². The Morgan fingerprint density at radius 2 is 1.50 bits per heavy atom. The van der Waals surface area contributed by atoms with Crippen LogP contribution in [0, 0.1) is 0 Å². The van der Waals surface area contributed by atoms with Gasteiger partial charge in [-0.3, -0.25) is 0 Å². The summed E-state index contributed by atoms with van der Waals surface area (Å²) in [6, 6.07) is 0. The third-order valence-electron chi connectivity index (χ3n) is 2.09. The van der Waals surface area contributed by atoms with Gasteiger partial charge >= 0.3 is 0 Å². The second-order valence-corrected chi connectivity index (χ2v) is 4.90. The van der Waals surface area contributed by atoms with Crippen LogP contribution in [0.5, 0.6) is 0 Å². The lowest BCUT2D eigenvalue weighted by Gasteiger charge is -2.42. The van der Waals surface area contributed by atoms with Crippen molar-refractivity contribution in [2.24, 2.45) is 10.2 Å². The van der Waals surface area contributed by atoms with Crippen LogP contribution in [-0.2, 0) is 0 Å². The number of hydrogen-bond acceptors (Lipinski definition) is 7. The highest BCUT2D eigenvalue weighted by Gasteiger charge is 2.29. The molecule has 0 aromatic heterocycles. The van der Waals surface area contributed by atoms with Crippen LogP contribution in [0.4, 0.5) is 0 Å². The van der Waals surface area contributed by atoms with E-state index in [0.717, 1.165) is 0 Å². The van der Waals surface area contributed by atoms with Gasteiger partial charge in [-0.25, -0.2) is 0 Å². The Morgan fingerprint density at radius 1 is 1.05 bits per heavy atom. The van der Waals surface area contributed by atoms with Crippen molar-refractivity contribution in [2.75, 3.05) is 6.54 Å². The first-order chi connectivity index (χ1) is 9.52. The Bertz CT molecular complexity index is 463. The van der Waals surface area contributed by atoms with Crippen LogP contribution >= 0.6 is 46.8 Å². The molecule has 0 aromatic carbocycles. The average Bonchev–Trinajstić information content (AvgIpc) is 2.42. The van der Waals surface area contributed by atoms with Gasteiger partial charge in [0, 0.05) is 36.0 Å². The largest absolute Gasteiger partial charge is 0.167 e. The third-order valence-corrected chi connectivity index (χ3v) is 2.99. The molecule has 0 spiro atoms. The lowest BCUT2D eigenvalue weighted by Crippen LogP contribution is -2.56. The lowest BCUT2D eigenvalue weighted by molar-refractivity contribution is -0.279. The fourth-order valence-electron chi connectivity index (χ4n) is 1.32. The monoisotopic (exact) mass is 355 g/mol. The van der Waals surface area contributed by atoms with Crippen molar-refractivity contribution in [2.45, 2.75) is 0 Å². The van der Waals surface area contributed by atoms with Gasteiger partial charge in [-0.15, -0.1) is 16.8 Å². The van der Waals surface area contributed by atoms with Crippen LogP contribution in [0.3, 0.4) is 0 Å². The van der Waals surface area contributed by atoms with Gasteiger partial charge in [-0.1, -0.05) is 44.8 Å². The van der Waals surface area contributed by atoms with E-state index in [2.05, 4.69) is 16.8 Å². The molecule has 20 heavy (non-hydrogen) atoms. The first-order valence-corrected chi connectivity index (χ1v) is 6.69. The average molecular weight is 357 g/mol. The lowest BCUT2D eigenvalue weighted by atomic mass is 10.6. The molecule has 7 nitrogen and oxygen atoms in total. The van der Waals surface area contributed by atoms with Crippen LogP contribution in [0.15, 0.2) is 47.4 Å². The van der Waals surface area contributed by atoms with Gasteiger partial charge in [0.1, 0.15) is 0 Å². The molecule has 0 atom stereocenters. The Labute approximate surface area is 135 Å². The number of halogens is 4. The van der Waals surface area contributed by atoms with E-state index >= 15 is 0 Å². The van der Waals surface area contributed by atoms with Gasteiger partial charge < -0.3 is 0 Å². The minimum Gasteiger partial charge on any atom is -0.167 e. The summed E-state index contributed by atoms with van der Waals surface area (Å²) in [5.41, 5.74) is 0. The maximum Gasteiger partial charge on any atom is 0.154 e. The van der Waals surface area contributed by atoms with E-state index < -0.39 is 0 Å². The van der Waals surface area contributed by atoms with Crippen molar-refractivity contribution < 1.29 is 0 Å². The van der Waals surface area contributed by atoms with Gasteiger partial charge in [0.2, 0.25) is 0 Å². The standard InChI is InChI=1S/C9H9Cl4N7/c1-2-5-18(19-14-8(10)3-6-16(19)12)20-15-9(11)4-7-17(20)13/h2-4,6-7H,1,5H2. The number of hydrogen-bond donors (Lipinski definition) is 0. The smallest absolute Gasteiger partial charge is 0.154 e. The van der Waals surface area contributed by atoms with E-state index in [9.17, 15) is 0 Å². The molecule has 2 aliphatic heterocycles. The van der Waals surface area contributed by atoms with E-state index in [1.54, 1.807) is 6.08 Å². The van der Waals surface area contributed by atoms with E-state index in [1.165, 1.54) is 49.2 Å². The predicted molar refractivity (Wildman–Crippen MR) is 80.8 cm³/mol. The normalized spacial score (nSPS) is 18.6. The molecule has 0 aliphatic carbocycles.